The van der Waals surface area contributed by atoms with Gasteiger partial charge in [0.25, 0.3) is 0 Å². The maximum absolute atomic E-state index is 8.95. The molecule has 0 atom stereocenters. The summed E-state index contributed by atoms with van der Waals surface area (Å²) >= 11 is 0. The molecule has 0 fully saturated rings. The van der Waals surface area contributed by atoms with Gasteiger partial charge in [-0.25, -0.2) is 0 Å². The van der Waals surface area contributed by atoms with Crippen LogP contribution in [0, 0.1) is 0 Å². The van der Waals surface area contributed by atoms with E-state index in [1.807, 2.05) is 31.3 Å². The maximum Gasteiger partial charge on any atom is 0.226 e. The molecule has 3 aromatic rings. The van der Waals surface area contributed by atoms with Crippen molar-refractivity contribution in [2.24, 2.45) is 7.05 Å². The Bertz CT molecular complexity index is 831. The fourth-order valence-electron chi connectivity index (χ4n) is 2.45. The van der Waals surface area contributed by atoms with Crippen molar-refractivity contribution in [2.75, 3.05) is 30.9 Å². The Labute approximate surface area is 145 Å². The first-order chi connectivity index (χ1) is 12.2. The average molecular weight is 342 g/mol. The third kappa shape index (κ3) is 3.97. The zero-order chi connectivity index (χ0) is 17.6. The van der Waals surface area contributed by atoms with Gasteiger partial charge < -0.3 is 20.5 Å². The Hall–Kier alpha value is -2.87. The highest BCUT2D eigenvalue weighted by molar-refractivity contribution is 5.87. The Morgan fingerprint density at radius 1 is 1.16 bits per heavy atom. The van der Waals surface area contributed by atoms with Crippen LogP contribution in [0.4, 0.5) is 11.8 Å². The van der Waals surface area contributed by atoms with Crippen LogP contribution in [0.5, 0.6) is 5.75 Å². The first-order valence-electron chi connectivity index (χ1n) is 8.12. The van der Waals surface area contributed by atoms with E-state index in [1.165, 1.54) is 0 Å². The molecule has 3 N–H and O–H groups in total. The molecule has 0 saturated heterocycles. The molecule has 0 aliphatic rings. The van der Waals surface area contributed by atoms with Crippen LogP contribution in [0.1, 0.15) is 12.0 Å². The van der Waals surface area contributed by atoms with Crippen molar-refractivity contribution in [1.29, 1.82) is 0 Å². The number of aromatic nitrogens is 4. The smallest absolute Gasteiger partial charge is 0.226 e. The Balaban J connectivity index is 1.78. The molecule has 0 unspecified atom stereocenters. The van der Waals surface area contributed by atoms with E-state index < -0.39 is 0 Å². The molecule has 2 aromatic heterocycles. The summed E-state index contributed by atoms with van der Waals surface area (Å²) in [6, 6.07) is 7.83. The van der Waals surface area contributed by atoms with Crippen molar-refractivity contribution in [1.82, 2.24) is 19.7 Å². The van der Waals surface area contributed by atoms with Gasteiger partial charge in [0.1, 0.15) is 11.6 Å². The van der Waals surface area contributed by atoms with Crippen LogP contribution in [0.3, 0.4) is 0 Å². The zero-order valence-corrected chi connectivity index (χ0v) is 14.4. The predicted octanol–water partition coefficient (Wildman–Crippen LogP) is 1.78. The minimum atomic E-state index is 0.136. The molecule has 0 saturated carbocycles. The lowest BCUT2D eigenvalue weighted by Gasteiger charge is -2.10. The van der Waals surface area contributed by atoms with Gasteiger partial charge >= 0.3 is 0 Å². The van der Waals surface area contributed by atoms with Gasteiger partial charge in [-0.05, 0) is 24.1 Å². The summed E-state index contributed by atoms with van der Waals surface area (Å²) in [5.41, 5.74) is 1.85. The van der Waals surface area contributed by atoms with E-state index in [9.17, 15) is 0 Å². The second-order valence-corrected chi connectivity index (χ2v) is 5.61. The number of aliphatic hydroxyl groups is 1. The molecule has 25 heavy (non-hydrogen) atoms. The molecule has 3 rings (SSSR count). The number of methoxy groups -OCH3 is 1. The molecule has 2 heterocycles. The average Bonchev–Trinajstić information content (AvgIpc) is 3.02. The number of fused-ring (bicyclic) bond motifs is 1. The van der Waals surface area contributed by atoms with Gasteiger partial charge in [-0.3, -0.25) is 4.68 Å². The monoisotopic (exact) mass is 342 g/mol. The van der Waals surface area contributed by atoms with E-state index in [0.29, 0.717) is 31.3 Å². The largest absolute Gasteiger partial charge is 0.497 e. The van der Waals surface area contributed by atoms with Crippen LogP contribution in [0.2, 0.25) is 0 Å². The fourth-order valence-corrected chi connectivity index (χ4v) is 2.45. The maximum atomic E-state index is 8.95. The molecule has 0 bridgehead atoms. The van der Waals surface area contributed by atoms with Crippen LogP contribution < -0.4 is 15.4 Å². The summed E-state index contributed by atoms with van der Waals surface area (Å²) in [4.78, 5) is 9.08. The summed E-state index contributed by atoms with van der Waals surface area (Å²) in [5.74, 6) is 2.06. The molecule has 8 nitrogen and oxygen atoms in total. The molecule has 0 aliphatic carbocycles. The van der Waals surface area contributed by atoms with E-state index in [0.717, 1.165) is 22.3 Å². The summed E-state index contributed by atoms with van der Waals surface area (Å²) < 4.78 is 6.88. The SMILES string of the molecule is COc1ccc(CNc2nc(NCCCO)c3cnn(C)c3n2)cc1. The molecule has 0 aliphatic heterocycles. The second-order valence-electron chi connectivity index (χ2n) is 5.61. The topological polar surface area (TPSA) is 97.1 Å². The van der Waals surface area contributed by atoms with Crippen molar-refractivity contribution in [2.45, 2.75) is 13.0 Å². The molecule has 0 spiro atoms. The third-order valence-corrected chi connectivity index (χ3v) is 3.83. The Morgan fingerprint density at radius 2 is 1.96 bits per heavy atom. The highest BCUT2D eigenvalue weighted by atomic mass is 16.5. The summed E-state index contributed by atoms with van der Waals surface area (Å²) in [6.07, 6.45) is 2.39. The highest BCUT2D eigenvalue weighted by Gasteiger charge is 2.11. The van der Waals surface area contributed by atoms with Crippen LogP contribution >= 0.6 is 0 Å². The minimum Gasteiger partial charge on any atom is -0.497 e. The number of hydrogen-bond acceptors (Lipinski definition) is 7. The Kier molecular flexibility index (Phi) is 5.30. The number of rotatable bonds is 8. The number of nitrogens with zero attached hydrogens (tertiary/aromatic N) is 4. The molecular weight excluding hydrogens is 320 g/mol. The summed E-state index contributed by atoms with van der Waals surface area (Å²) in [6.45, 7) is 1.37. The first-order valence-corrected chi connectivity index (χ1v) is 8.12. The van der Waals surface area contributed by atoms with Crippen LogP contribution in [0.25, 0.3) is 11.0 Å². The van der Waals surface area contributed by atoms with Gasteiger partial charge in [0, 0.05) is 26.7 Å². The van der Waals surface area contributed by atoms with Gasteiger partial charge in [-0.2, -0.15) is 15.1 Å². The van der Waals surface area contributed by atoms with Crippen LogP contribution in [-0.4, -0.2) is 45.1 Å². The second kappa shape index (κ2) is 7.80. The fraction of sp³-hybridized carbons (Fsp3) is 0.353. The van der Waals surface area contributed by atoms with E-state index >= 15 is 0 Å². The first kappa shape index (κ1) is 17.0. The van der Waals surface area contributed by atoms with Crippen LogP contribution in [0.15, 0.2) is 30.5 Å². The molecular formula is C17H22N6O2. The number of aliphatic hydroxyl groups excluding tert-OH is 1. The number of aryl methyl sites for hydroxylation is 1. The normalized spacial score (nSPS) is 10.8. The van der Waals surface area contributed by atoms with E-state index in [1.54, 1.807) is 18.0 Å². The lowest BCUT2D eigenvalue weighted by molar-refractivity contribution is 0.292. The molecule has 132 valence electrons. The van der Waals surface area contributed by atoms with E-state index in [-0.39, 0.29) is 6.61 Å². The summed E-state index contributed by atoms with van der Waals surface area (Å²) in [5, 5.41) is 20.5. The number of anilines is 2. The van der Waals surface area contributed by atoms with Crippen LogP contribution in [-0.2, 0) is 13.6 Å². The standard InChI is InChI=1S/C17H22N6O2/c1-23-16-14(11-20-23)15(18-8-3-9-24)21-17(22-16)19-10-12-4-6-13(25-2)7-5-12/h4-7,11,24H,3,8-10H2,1-2H3,(H2,18,19,21,22). The molecule has 8 heteroatoms. The summed E-state index contributed by atoms with van der Waals surface area (Å²) in [7, 11) is 3.50. The van der Waals surface area contributed by atoms with Crippen molar-refractivity contribution in [3.63, 3.8) is 0 Å². The Morgan fingerprint density at radius 3 is 2.68 bits per heavy atom. The van der Waals surface area contributed by atoms with E-state index in [4.69, 9.17) is 9.84 Å². The quantitative estimate of drug-likeness (QED) is 0.537. The third-order valence-electron chi connectivity index (χ3n) is 3.83. The highest BCUT2D eigenvalue weighted by Crippen LogP contribution is 2.21. The van der Waals surface area contributed by atoms with Crippen molar-refractivity contribution >= 4 is 22.8 Å². The predicted molar refractivity (Wildman–Crippen MR) is 96.8 cm³/mol. The lowest BCUT2D eigenvalue weighted by atomic mass is 10.2. The minimum absolute atomic E-state index is 0.136. The van der Waals surface area contributed by atoms with E-state index in [2.05, 4.69) is 25.7 Å². The van der Waals surface area contributed by atoms with Crippen molar-refractivity contribution in [3.8, 4) is 5.75 Å². The molecule has 1 aromatic carbocycles. The molecule has 0 radical (unpaired) electrons. The lowest BCUT2D eigenvalue weighted by Crippen LogP contribution is -2.10. The molecule has 0 amide bonds. The van der Waals surface area contributed by atoms with Crippen molar-refractivity contribution < 1.29 is 9.84 Å². The van der Waals surface area contributed by atoms with Gasteiger partial charge in [-0.15, -0.1) is 0 Å². The zero-order valence-electron chi connectivity index (χ0n) is 14.4. The number of ether oxygens (including phenoxy) is 1. The van der Waals surface area contributed by atoms with Gasteiger partial charge in [0.2, 0.25) is 5.95 Å². The number of hydrogen-bond donors (Lipinski definition) is 3. The van der Waals surface area contributed by atoms with Crippen molar-refractivity contribution in [3.05, 3.63) is 36.0 Å². The number of benzene rings is 1. The van der Waals surface area contributed by atoms with Gasteiger partial charge in [0.15, 0.2) is 5.65 Å². The number of nitrogens with one attached hydrogen (secondary N) is 2. The van der Waals surface area contributed by atoms with Gasteiger partial charge in [-0.1, -0.05) is 12.1 Å². The van der Waals surface area contributed by atoms with Gasteiger partial charge in [0.05, 0.1) is 18.7 Å².